The second-order valence-electron chi connectivity index (χ2n) is 5.39. The number of rotatable bonds is 5. The van der Waals surface area contributed by atoms with Crippen LogP contribution in [0.4, 0.5) is 5.82 Å². The van der Waals surface area contributed by atoms with E-state index in [4.69, 9.17) is 5.73 Å². The second-order valence-corrected chi connectivity index (χ2v) is 7.86. The van der Waals surface area contributed by atoms with Crippen molar-refractivity contribution >= 4 is 15.7 Å². The Morgan fingerprint density at radius 3 is 2.44 bits per heavy atom. The molecule has 0 aliphatic heterocycles. The number of aromatic nitrogens is 3. The minimum absolute atomic E-state index is 0.156. The molecule has 0 atom stereocenters. The average molecular weight is 274 g/mol. The summed E-state index contributed by atoms with van der Waals surface area (Å²) in [5.74, 6) is 0.770. The molecule has 0 spiro atoms. The Labute approximate surface area is 108 Å². The number of nitrogens with two attached hydrogens (primary N) is 1. The van der Waals surface area contributed by atoms with Crippen LogP contribution in [0.3, 0.4) is 0 Å². The van der Waals surface area contributed by atoms with Gasteiger partial charge in [0.1, 0.15) is 9.84 Å². The van der Waals surface area contributed by atoms with Crippen LogP contribution in [0.5, 0.6) is 0 Å². The highest BCUT2D eigenvalue weighted by molar-refractivity contribution is 7.91. The van der Waals surface area contributed by atoms with E-state index in [1.807, 2.05) is 20.8 Å². The van der Waals surface area contributed by atoms with Crippen molar-refractivity contribution in [2.45, 2.75) is 46.1 Å². The van der Waals surface area contributed by atoms with Crippen LogP contribution in [0, 0.1) is 0 Å². The highest BCUT2D eigenvalue weighted by Crippen LogP contribution is 2.25. The van der Waals surface area contributed by atoms with Gasteiger partial charge < -0.3 is 5.73 Å². The number of nitrogen functional groups attached to an aromatic ring is 1. The zero-order valence-electron chi connectivity index (χ0n) is 11.5. The maximum absolute atomic E-state index is 11.4. The minimum atomic E-state index is -2.92. The summed E-state index contributed by atoms with van der Waals surface area (Å²) >= 11 is 0. The number of hydrogen-bond acceptors (Lipinski definition) is 5. The third-order valence-corrected chi connectivity index (χ3v) is 4.53. The van der Waals surface area contributed by atoms with Gasteiger partial charge in [-0.2, -0.15) is 0 Å². The zero-order chi connectivity index (χ0) is 14.0. The molecule has 7 heteroatoms. The van der Waals surface area contributed by atoms with E-state index in [1.165, 1.54) is 0 Å². The van der Waals surface area contributed by atoms with Gasteiger partial charge in [0.15, 0.2) is 5.82 Å². The molecule has 1 aromatic rings. The summed E-state index contributed by atoms with van der Waals surface area (Å²) in [6.45, 7) is 8.27. The molecule has 6 nitrogen and oxygen atoms in total. The van der Waals surface area contributed by atoms with Gasteiger partial charge in [-0.1, -0.05) is 32.9 Å². The first-order chi connectivity index (χ1) is 8.17. The normalized spacial score (nSPS) is 12.9. The molecule has 0 saturated carbocycles. The molecule has 1 heterocycles. The quantitative estimate of drug-likeness (QED) is 0.864. The third kappa shape index (κ3) is 3.69. The van der Waals surface area contributed by atoms with Gasteiger partial charge in [0.25, 0.3) is 0 Å². The molecule has 0 aliphatic rings. The Balaban J connectivity index is 2.76. The van der Waals surface area contributed by atoms with Crippen molar-refractivity contribution in [1.29, 1.82) is 0 Å². The van der Waals surface area contributed by atoms with Crippen molar-refractivity contribution in [2.75, 3.05) is 17.2 Å². The molecule has 18 heavy (non-hydrogen) atoms. The monoisotopic (exact) mass is 274 g/mol. The molecule has 0 saturated heterocycles. The SMILES string of the molecule is CCS(=O)(=O)CCCn1nnc(N)c1C(C)(C)C. The lowest BCUT2D eigenvalue weighted by Crippen LogP contribution is -2.21. The highest BCUT2D eigenvalue weighted by atomic mass is 32.2. The molecule has 1 rings (SSSR count). The molecular weight excluding hydrogens is 252 g/mol. The van der Waals surface area contributed by atoms with Gasteiger partial charge in [-0.3, -0.25) is 0 Å². The van der Waals surface area contributed by atoms with Crippen molar-refractivity contribution in [3.05, 3.63) is 5.69 Å². The molecule has 0 aromatic carbocycles. The molecule has 0 amide bonds. The van der Waals surface area contributed by atoms with Crippen LogP contribution < -0.4 is 5.73 Å². The van der Waals surface area contributed by atoms with Gasteiger partial charge in [0.2, 0.25) is 0 Å². The largest absolute Gasteiger partial charge is 0.381 e. The number of nitrogens with zero attached hydrogens (tertiary/aromatic N) is 3. The van der Waals surface area contributed by atoms with Crippen molar-refractivity contribution in [3.63, 3.8) is 0 Å². The molecule has 0 aliphatic carbocycles. The highest BCUT2D eigenvalue weighted by Gasteiger charge is 2.24. The molecule has 1 aromatic heterocycles. The predicted molar refractivity (Wildman–Crippen MR) is 72.1 cm³/mol. The lowest BCUT2D eigenvalue weighted by Gasteiger charge is -2.20. The van der Waals surface area contributed by atoms with Gasteiger partial charge in [-0.25, -0.2) is 13.1 Å². The van der Waals surface area contributed by atoms with Gasteiger partial charge in [0.05, 0.1) is 11.4 Å². The number of aryl methyl sites for hydroxylation is 1. The van der Waals surface area contributed by atoms with Crippen LogP contribution in [0.1, 0.15) is 39.8 Å². The Morgan fingerprint density at radius 2 is 1.94 bits per heavy atom. The fourth-order valence-corrected chi connectivity index (χ4v) is 2.69. The lowest BCUT2D eigenvalue weighted by atomic mass is 9.92. The molecule has 0 bridgehead atoms. The van der Waals surface area contributed by atoms with E-state index in [0.29, 0.717) is 18.8 Å². The smallest absolute Gasteiger partial charge is 0.169 e. The first kappa shape index (κ1) is 14.9. The second kappa shape index (κ2) is 5.26. The summed E-state index contributed by atoms with van der Waals surface area (Å²) in [4.78, 5) is 0. The number of hydrogen-bond donors (Lipinski definition) is 1. The Morgan fingerprint density at radius 1 is 1.33 bits per heavy atom. The molecule has 0 unspecified atom stereocenters. The zero-order valence-corrected chi connectivity index (χ0v) is 12.3. The van der Waals surface area contributed by atoms with Crippen LogP contribution in [0.25, 0.3) is 0 Å². The maximum atomic E-state index is 11.4. The molecule has 0 fully saturated rings. The van der Waals surface area contributed by atoms with Gasteiger partial charge in [-0.05, 0) is 6.42 Å². The Kier molecular flexibility index (Phi) is 4.37. The first-order valence-electron chi connectivity index (χ1n) is 6.07. The molecule has 104 valence electrons. The Hall–Kier alpha value is -1.11. The van der Waals surface area contributed by atoms with Crippen LogP contribution in [-0.2, 0) is 21.8 Å². The summed E-state index contributed by atoms with van der Waals surface area (Å²) < 4.78 is 24.5. The topological polar surface area (TPSA) is 90.9 Å². The molecule has 0 radical (unpaired) electrons. The lowest BCUT2D eigenvalue weighted by molar-refractivity contribution is 0.476. The molecular formula is C11H22N4O2S. The summed E-state index contributed by atoms with van der Waals surface area (Å²) in [5.41, 5.74) is 6.50. The minimum Gasteiger partial charge on any atom is -0.381 e. The van der Waals surface area contributed by atoms with E-state index in [0.717, 1.165) is 5.69 Å². The standard InChI is InChI=1S/C11H22N4O2S/c1-5-18(16,17)8-6-7-15-9(11(2,3)4)10(12)13-14-15/h5-8,12H2,1-4H3. The van der Waals surface area contributed by atoms with E-state index in [9.17, 15) is 8.42 Å². The van der Waals surface area contributed by atoms with Gasteiger partial charge in [0, 0.05) is 17.7 Å². The van der Waals surface area contributed by atoms with Gasteiger partial charge in [-0.15, -0.1) is 5.10 Å². The van der Waals surface area contributed by atoms with E-state index < -0.39 is 9.84 Å². The van der Waals surface area contributed by atoms with Crippen molar-refractivity contribution in [1.82, 2.24) is 15.0 Å². The van der Waals surface area contributed by atoms with Crippen molar-refractivity contribution in [2.24, 2.45) is 0 Å². The van der Waals surface area contributed by atoms with Crippen LogP contribution in [0.15, 0.2) is 0 Å². The average Bonchev–Trinajstić information content (AvgIpc) is 2.59. The van der Waals surface area contributed by atoms with Crippen molar-refractivity contribution in [3.8, 4) is 0 Å². The Bertz CT molecular complexity index is 500. The van der Waals surface area contributed by atoms with Crippen LogP contribution >= 0.6 is 0 Å². The summed E-state index contributed by atoms with van der Waals surface area (Å²) in [7, 11) is -2.92. The van der Waals surface area contributed by atoms with E-state index in [1.54, 1.807) is 11.6 Å². The summed E-state index contributed by atoms with van der Waals surface area (Å²) in [5, 5.41) is 7.83. The van der Waals surface area contributed by atoms with E-state index in [2.05, 4.69) is 10.3 Å². The summed E-state index contributed by atoms with van der Waals surface area (Å²) in [6, 6.07) is 0. The van der Waals surface area contributed by atoms with E-state index >= 15 is 0 Å². The number of sulfone groups is 1. The fourth-order valence-electron chi connectivity index (χ4n) is 1.83. The van der Waals surface area contributed by atoms with E-state index in [-0.39, 0.29) is 16.9 Å². The van der Waals surface area contributed by atoms with Crippen molar-refractivity contribution < 1.29 is 8.42 Å². The van der Waals surface area contributed by atoms with Gasteiger partial charge >= 0.3 is 0 Å². The number of anilines is 1. The predicted octanol–water partition coefficient (Wildman–Crippen LogP) is 0.983. The fraction of sp³-hybridized carbons (Fsp3) is 0.818. The maximum Gasteiger partial charge on any atom is 0.169 e. The van der Waals surface area contributed by atoms with Crippen LogP contribution in [0.2, 0.25) is 0 Å². The molecule has 2 N–H and O–H groups in total. The first-order valence-corrected chi connectivity index (χ1v) is 7.89. The third-order valence-electron chi connectivity index (χ3n) is 2.74. The summed E-state index contributed by atoms with van der Waals surface area (Å²) in [6.07, 6.45) is 0.530. The van der Waals surface area contributed by atoms with Crippen LogP contribution in [-0.4, -0.2) is 34.9 Å².